The predicted octanol–water partition coefficient (Wildman–Crippen LogP) is 6.53. The highest BCUT2D eigenvalue weighted by molar-refractivity contribution is 7.15. The molecule has 1 heterocycles. The third-order valence-electron chi connectivity index (χ3n) is 9.62. The first kappa shape index (κ1) is 26.2. The van der Waals surface area contributed by atoms with Crippen molar-refractivity contribution in [1.29, 1.82) is 0 Å². The van der Waals surface area contributed by atoms with Gasteiger partial charge in [0.25, 0.3) is 0 Å². The number of hydrogen-bond acceptors (Lipinski definition) is 6. The summed E-state index contributed by atoms with van der Waals surface area (Å²) in [5.41, 5.74) is 3.08. The molecule has 3 aliphatic rings. The lowest BCUT2D eigenvalue weighted by atomic mass is 9.53. The fourth-order valence-corrected chi connectivity index (χ4v) is 8.51. The van der Waals surface area contributed by atoms with E-state index in [1.54, 1.807) is 18.3 Å². The number of carbonyl (C=O) groups is 2. The number of aliphatic hydroxyl groups excluding tert-OH is 1. The SMILES string of the molecule is Cc1cnc(NC(=O)CCC2CC(O)C3(C)CCC4c5ccc(OC(=O)c6ccccc6)cc5CCC4C23)s1. The second-order valence-corrected chi connectivity index (χ2v) is 13.1. The topological polar surface area (TPSA) is 88.5 Å². The number of rotatable bonds is 6. The summed E-state index contributed by atoms with van der Waals surface area (Å²) in [6.07, 6.45) is 7.51. The summed E-state index contributed by atoms with van der Waals surface area (Å²) in [6, 6.07) is 15.2. The average molecular weight is 545 g/mol. The molecule has 39 heavy (non-hydrogen) atoms. The van der Waals surface area contributed by atoms with E-state index in [0.29, 0.717) is 46.5 Å². The third-order valence-corrected chi connectivity index (χ3v) is 10.4. The fourth-order valence-electron chi connectivity index (χ4n) is 7.83. The van der Waals surface area contributed by atoms with Crippen LogP contribution in [0.4, 0.5) is 5.13 Å². The Morgan fingerprint density at radius 2 is 2.00 bits per heavy atom. The number of ether oxygens (including phenoxy) is 1. The average Bonchev–Trinajstić information content (AvgIpc) is 3.46. The van der Waals surface area contributed by atoms with Crippen LogP contribution in [0.2, 0.25) is 0 Å². The zero-order chi connectivity index (χ0) is 27.1. The van der Waals surface area contributed by atoms with Gasteiger partial charge < -0.3 is 15.2 Å². The van der Waals surface area contributed by atoms with Crippen LogP contribution in [0.1, 0.15) is 77.7 Å². The van der Waals surface area contributed by atoms with Crippen LogP contribution in [0.15, 0.2) is 54.7 Å². The second kappa shape index (κ2) is 10.5. The molecule has 204 valence electrons. The van der Waals surface area contributed by atoms with Gasteiger partial charge in [-0.25, -0.2) is 9.78 Å². The van der Waals surface area contributed by atoms with Crippen LogP contribution in [0.25, 0.3) is 0 Å². The molecule has 6 nitrogen and oxygen atoms in total. The van der Waals surface area contributed by atoms with Gasteiger partial charge >= 0.3 is 5.97 Å². The normalized spacial score (nSPS) is 29.2. The smallest absolute Gasteiger partial charge is 0.343 e. The molecule has 3 aromatic rings. The monoisotopic (exact) mass is 544 g/mol. The predicted molar refractivity (Wildman–Crippen MR) is 152 cm³/mol. The van der Waals surface area contributed by atoms with E-state index in [1.807, 2.05) is 37.3 Å². The first-order valence-corrected chi connectivity index (χ1v) is 14.9. The quantitative estimate of drug-likeness (QED) is 0.272. The first-order chi connectivity index (χ1) is 18.8. The number of nitrogens with zero attached hydrogens (tertiary/aromatic N) is 1. The number of hydrogen-bond donors (Lipinski definition) is 2. The minimum atomic E-state index is -0.338. The molecule has 3 aliphatic carbocycles. The van der Waals surface area contributed by atoms with Gasteiger partial charge in [-0.3, -0.25) is 4.79 Å². The number of esters is 1. The molecule has 1 aromatic heterocycles. The molecule has 0 radical (unpaired) electrons. The Morgan fingerprint density at radius 1 is 1.18 bits per heavy atom. The van der Waals surface area contributed by atoms with E-state index in [0.717, 1.165) is 43.4 Å². The fraction of sp³-hybridized carbons (Fsp3) is 0.469. The molecule has 7 heteroatoms. The van der Waals surface area contributed by atoms with Crippen molar-refractivity contribution in [3.05, 3.63) is 76.3 Å². The van der Waals surface area contributed by atoms with Crippen molar-refractivity contribution in [2.45, 2.75) is 70.8 Å². The molecule has 1 amide bonds. The van der Waals surface area contributed by atoms with Gasteiger partial charge in [-0.05, 0) is 110 Å². The van der Waals surface area contributed by atoms with Gasteiger partial charge in [0.1, 0.15) is 5.75 Å². The molecular weight excluding hydrogens is 508 g/mol. The molecule has 0 bridgehead atoms. The Kier molecular flexibility index (Phi) is 7.06. The summed E-state index contributed by atoms with van der Waals surface area (Å²) < 4.78 is 5.70. The maximum Gasteiger partial charge on any atom is 0.343 e. The van der Waals surface area contributed by atoms with E-state index in [9.17, 15) is 14.7 Å². The van der Waals surface area contributed by atoms with Gasteiger partial charge in [0.05, 0.1) is 11.7 Å². The summed E-state index contributed by atoms with van der Waals surface area (Å²) >= 11 is 1.49. The van der Waals surface area contributed by atoms with E-state index in [2.05, 4.69) is 23.3 Å². The molecule has 6 unspecified atom stereocenters. The number of aliphatic hydroxyl groups is 1. The summed E-state index contributed by atoms with van der Waals surface area (Å²) in [6.45, 7) is 4.26. The first-order valence-electron chi connectivity index (χ1n) is 14.1. The molecule has 6 atom stereocenters. The number of thiazole rings is 1. The Balaban J connectivity index is 1.16. The van der Waals surface area contributed by atoms with Crippen LogP contribution in [0.3, 0.4) is 0 Å². The van der Waals surface area contributed by atoms with E-state index in [1.165, 1.54) is 22.5 Å². The van der Waals surface area contributed by atoms with E-state index >= 15 is 0 Å². The van der Waals surface area contributed by atoms with E-state index < -0.39 is 0 Å². The number of aromatic nitrogens is 1. The van der Waals surface area contributed by atoms with Crippen molar-refractivity contribution in [2.75, 3.05) is 5.32 Å². The third kappa shape index (κ3) is 5.03. The van der Waals surface area contributed by atoms with E-state index in [-0.39, 0.29) is 23.4 Å². The lowest BCUT2D eigenvalue weighted by molar-refractivity contribution is -0.116. The van der Waals surface area contributed by atoms with Crippen molar-refractivity contribution < 1.29 is 19.4 Å². The zero-order valence-corrected chi connectivity index (χ0v) is 23.4. The summed E-state index contributed by atoms with van der Waals surface area (Å²) in [5, 5.41) is 14.8. The summed E-state index contributed by atoms with van der Waals surface area (Å²) in [5.74, 6) is 1.91. The van der Waals surface area contributed by atoms with Crippen molar-refractivity contribution in [3.8, 4) is 5.75 Å². The molecule has 0 aliphatic heterocycles. The molecular formula is C32H36N2O4S. The highest BCUT2D eigenvalue weighted by Gasteiger charge is 2.58. The van der Waals surface area contributed by atoms with E-state index in [4.69, 9.17) is 4.74 Å². The largest absolute Gasteiger partial charge is 0.423 e. The van der Waals surface area contributed by atoms with Crippen LogP contribution in [-0.4, -0.2) is 28.1 Å². The van der Waals surface area contributed by atoms with Gasteiger partial charge in [0, 0.05) is 17.5 Å². The molecule has 2 saturated carbocycles. The number of amides is 1. The van der Waals surface area contributed by atoms with Gasteiger partial charge in [0.2, 0.25) is 5.91 Å². The summed E-state index contributed by atoms with van der Waals surface area (Å²) in [4.78, 5) is 30.6. The molecule has 0 spiro atoms. The number of aryl methyl sites for hydroxylation is 2. The standard InChI is InChI=1S/C32H36N2O4S/c1-19-18-33-31(39-19)34-28(36)13-9-22-17-27(35)32(2)15-14-25-24-12-10-23(16-21(24)8-11-26(25)29(22)32)38-30(37)20-6-4-3-5-7-20/h3-7,10,12,16,18,22,25-27,29,35H,8-9,11,13-15,17H2,1-2H3,(H,33,34,36). The van der Waals surface area contributed by atoms with Crippen LogP contribution in [0, 0.1) is 30.1 Å². The van der Waals surface area contributed by atoms with Crippen molar-refractivity contribution in [2.24, 2.45) is 23.2 Å². The second-order valence-electron chi connectivity index (χ2n) is 11.9. The van der Waals surface area contributed by atoms with Gasteiger partial charge in [0.15, 0.2) is 5.13 Å². The zero-order valence-electron chi connectivity index (χ0n) is 22.6. The molecule has 2 fully saturated rings. The number of carbonyl (C=O) groups excluding carboxylic acids is 2. The number of fused-ring (bicyclic) bond motifs is 5. The van der Waals surface area contributed by atoms with Crippen LogP contribution in [0.5, 0.6) is 5.75 Å². The lowest BCUT2D eigenvalue weighted by Gasteiger charge is -2.51. The highest BCUT2D eigenvalue weighted by atomic mass is 32.1. The van der Waals surface area contributed by atoms with Crippen LogP contribution in [-0.2, 0) is 11.2 Å². The minimum Gasteiger partial charge on any atom is -0.423 e. The Hall–Kier alpha value is -3.03. The number of benzene rings is 2. The maximum atomic E-state index is 12.7. The Labute approximate surface area is 233 Å². The van der Waals surface area contributed by atoms with Crippen LogP contribution < -0.4 is 10.1 Å². The maximum absolute atomic E-state index is 12.7. The lowest BCUT2D eigenvalue weighted by Crippen LogP contribution is -2.45. The molecule has 2 N–H and O–H groups in total. The highest BCUT2D eigenvalue weighted by Crippen LogP contribution is 2.63. The summed E-state index contributed by atoms with van der Waals surface area (Å²) in [7, 11) is 0. The Morgan fingerprint density at radius 3 is 2.77 bits per heavy atom. The minimum absolute atomic E-state index is 0.00590. The number of anilines is 1. The van der Waals surface area contributed by atoms with Crippen LogP contribution >= 0.6 is 11.3 Å². The van der Waals surface area contributed by atoms with Gasteiger partial charge in [-0.1, -0.05) is 31.2 Å². The van der Waals surface area contributed by atoms with Gasteiger partial charge in [-0.2, -0.15) is 0 Å². The molecule has 6 rings (SSSR count). The Bertz CT molecular complexity index is 1370. The molecule has 0 saturated heterocycles. The van der Waals surface area contributed by atoms with Gasteiger partial charge in [-0.15, -0.1) is 11.3 Å². The molecule has 2 aromatic carbocycles. The van der Waals surface area contributed by atoms with Crippen molar-refractivity contribution in [3.63, 3.8) is 0 Å². The van der Waals surface area contributed by atoms with Crippen molar-refractivity contribution in [1.82, 2.24) is 4.98 Å². The van der Waals surface area contributed by atoms with Crippen molar-refractivity contribution >= 4 is 28.3 Å². The number of nitrogens with one attached hydrogen (secondary N) is 1.